The molecule has 0 bridgehead atoms. The first-order valence-electron chi connectivity index (χ1n) is 8.94. The molecule has 25 heavy (non-hydrogen) atoms. The second-order valence-corrected chi connectivity index (χ2v) is 6.59. The minimum absolute atomic E-state index is 0.0190. The molecule has 0 aliphatic heterocycles. The molecule has 1 fully saturated rings. The highest BCUT2D eigenvalue weighted by Crippen LogP contribution is 2.25. The first-order valence-corrected chi connectivity index (χ1v) is 8.94. The van der Waals surface area contributed by atoms with Crippen LogP contribution in [0.4, 0.5) is 5.69 Å². The Kier molecular flexibility index (Phi) is 7.44. The minimum Gasteiger partial charge on any atom is -0.481 e. The molecule has 1 aliphatic rings. The standard InChI is InChI=1S/C19H26N2O4/c22-17(13-14-5-3-1-2-4-6-14)21-16-9-7-15(8-10-16)19(25)20-12-11-18(23)24/h7-10,14H,1-6,11-13H2,(H,20,25)(H,21,22)(H,23,24). The fourth-order valence-electron chi connectivity index (χ4n) is 3.13. The molecule has 0 unspecified atom stereocenters. The number of nitrogens with one attached hydrogen (secondary N) is 2. The van der Waals surface area contributed by atoms with Gasteiger partial charge in [0.1, 0.15) is 0 Å². The molecule has 0 radical (unpaired) electrons. The summed E-state index contributed by atoms with van der Waals surface area (Å²) in [5.41, 5.74) is 1.10. The molecule has 2 amide bonds. The monoisotopic (exact) mass is 346 g/mol. The fourth-order valence-corrected chi connectivity index (χ4v) is 3.13. The molecule has 6 heteroatoms. The molecular weight excluding hydrogens is 320 g/mol. The summed E-state index contributed by atoms with van der Waals surface area (Å²) >= 11 is 0. The van der Waals surface area contributed by atoms with Gasteiger partial charge in [0.15, 0.2) is 0 Å². The summed E-state index contributed by atoms with van der Waals surface area (Å²) < 4.78 is 0. The van der Waals surface area contributed by atoms with E-state index in [1.165, 1.54) is 25.7 Å². The highest BCUT2D eigenvalue weighted by molar-refractivity contribution is 5.96. The maximum atomic E-state index is 12.2. The third-order valence-corrected chi connectivity index (χ3v) is 4.50. The van der Waals surface area contributed by atoms with Gasteiger partial charge in [-0.15, -0.1) is 0 Å². The van der Waals surface area contributed by atoms with Gasteiger partial charge in [-0.25, -0.2) is 0 Å². The lowest BCUT2D eigenvalue weighted by atomic mass is 9.96. The van der Waals surface area contributed by atoms with E-state index in [9.17, 15) is 14.4 Å². The van der Waals surface area contributed by atoms with Crippen LogP contribution in [0.5, 0.6) is 0 Å². The Morgan fingerprint density at radius 3 is 2.24 bits per heavy atom. The maximum Gasteiger partial charge on any atom is 0.305 e. The number of hydrogen-bond donors (Lipinski definition) is 3. The molecular formula is C19H26N2O4. The van der Waals surface area contributed by atoms with E-state index in [0.29, 0.717) is 23.6 Å². The van der Waals surface area contributed by atoms with Crippen molar-refractivity contribution >= 4 is 23.5 Å². The Morgan fingerprint density at radius 2 is 1.64 bits per heavy atom. The average molecular weight is 346 g/mol. The van der Waals surface area contributed by atoms with Gasteiger partial charge in [-0.3, -0.25) is 14.4 Å². The van der Waals surface area contributed by atoms with Crippen molar-refractivity contribution in [2.24, 2.45) is 5.92 Å². The number of amides is 2. The van der Waals surface area contributed by atoms with Crippen LogP contribution in [0.25, 0.3) is 0 Å². The van der Waals surface area contributed by atoms with Crippen molar-refractivity contribution in [1.82, 2.24) is 5.32 Å². The van der Waals surface area contributed by atoms with Crippen molar-refractivity contribution in [2.45, 2.75) is 51.4 Å². The van der Waals surface area contributed by atoms with E-state index in [1.807, 2.05) is 0 Å². The third kappa shape index (κ3) is 6.95. The molecule has 6 nitrogen and oxygen atoms in total. The summed E-state index contributed by atoms with van der Waals surface area (Å²) in [5.74, 6) is -0.781. The van der Waals surface area contributed by atoms with E-state index >= 15 is 0 Å². The lowest BCUT2D eigenvalue weighted by Crippen LogP contribution is -2.26. The van der Waals surface area contributed by atoms with Gasteiger partial charge in [0.25, 0.3) is 5.91 Å². The highest BCUT2D eigenvalue weighted by Gasteiger charge is 2.16. The van der Waals surface area contributed by atoms with E-state index in [1.54, 1.807) is 24.3 Å². The Labute approximate surface area is 148 Å². The van der Waals surface area contributed by atoms with Gasteiger partial charge >= 0.3 is 5.97 Å². The molecule has 136 valence electrons. The maximum absolute atomic E-state index is 12.2. The molecule has 1 aromatic carbocycles. The van der Waals surface area contributed by atoms with Crippen molar-refractivity contribution in [1.29, 1.82) is 0 Å². The summed E-state index contributed by atoms with van der Waals surface area (Å²) in [4.78, 5) is 34.5. The van der Waals surface area contributed by atoms with Gasteiger partial charge in [0.2, 0.25) is 5.91 Å². The van der Waals surface area contributed by atoms with Gasteiger partial charge in [0, 0.05) is 24.2 Å². The second-order valence-electron chi connectivity index (χ2n) is 6.59. The van der Waals surface area contributed by atoms with Crippen molar-refractivity contribution in [3.63, 3.8) is 0 Å². The van der Waals surface area contributed by atoms with E-state index in [2.05, 4.69) is 10.6 Å². The van der Waals surface area contributed by atoms with Crippen molar-refractivity contribution < 1.29 is 19.5 Å². The molecule has 3 N–H and O–H groups in total. The second kappa shape index (κ2) is 9.81. The van der Waals surface area contributed by atoms with Crippen LogP contribution in [0, 0.1) is 5.92 Å². The molecule has 1 aromatic rings. The van der Waals surface area contributed by atoms with Gasteiger partial charge in [-0.1, -0.05) is 25.7 Å². The van der Waals surface area contributed by atoms with E-state index < -0.39 is 5.97 Å². The number of anilines is 1. The number of benzene rings is 1. The van der Waals surface area contributed by atoms with Crippen molar-refractivity contribution in [3.8, 4) is 0 Å². The molecule has 0 heterocycles. The molecule has 0 aromatic heterocycles. The number of carbonyl (C=O) groups excluding carboxylic acids is 2. The first-order chi connectivity index (χ1) is 12.0. The number of carbonyl (C=O) groups is 3. The van der Waals surface area contributed by atoms with Gasteiger partial charge < -0.3 is 15.7 Å². The van der Waals surface area contributed by atoms with Gasteiger partial charge in [-0.05, 0) is 43.0 Å². The molecule has 0 atom stereocenters. The Morgan fingerprint density at radius 1 is 1.00 bits per heavy atom. The molecule has 0 spiro atoms. The smallest absolute Gasteiger partial charge is 0.305 e. The topological polar surface area (TPSA) is 95.5 Å². The Balaban J connectivity index is 1.79. The van der Waals surface area contributed by atoms with Crippen molar-refractivity contribution in [2.75, 3.05) is 11.9 Å². The third-order valence-electron chi connectivity index (χ3n) is 4.50. The summed E-state index contributed by atoms with van der Waals surface area (Å²) in [5, 5.41) is 14.0. The predicted octanol–water partition coefficient (Wildman–Crippen LogP) is 3.19. The van der Waals surface area contributed by atoms with E-state index in [-0.39, 0.29) is 24.8 Å². The van der Waals surface area contributed by atoms with E-state index in [4.69, 9.17) is 5.11 Å². The van der Waals surface area contributed by atoms with Crippen LogP contribution in [0.3, 0.4) is 0 Å². The van der Waals surface area contributed by atoms with Gasteiger partial charge in [-0.2, -0.15) is 0 Å². The SMILES string of the molecule is O=C(O)CCNC(=O)c1ccc(NC(=O)CC2CCCCCC2)cc1. The Bertz CT molecular complexity index is 590. The lowest BCUT2D eigenvalue weighted by molar-refractivity contribution is -0.136. The number of hydrogen-bond acceptors (Lipinski definition) is 3. The molecule has 0 saturated heterocycles. The first kappa shape index (κ1) is 19.0. The highest BCUT2D eigenvalue weighted by atomic mass is 16.4. The van der Waals surface area contributed by atoms with E-state index in [0.717, 1.165) is 12.8 Å². The van der Waals surface area contributed by atoms with Crippen LogP contribution in [-0.2, 0) is 9.59 Å². The fraction of sp³-hybridized carbons (Fsp3) is 0.526. The summed E-state index contributed by atoms with van der Waals surface area (Å²) in [6, 6.07) is 6.63. The van der Waals surface area contributed by atoms with Crippen LogP contribution in [-0.4, -0.2) is 29.4 Å². The van der Waals surface area contributed by atoms with Crippen LogP contribution in [0.2, 0.25) is 0 Å². The van der Waals surface area contributed by atoms with Crippen LogP contribution in [0.15, 0.2) is 24.3 Å². The quantitative estimate of drug-likeness (QED) is 0.661. The summed E-state index contributed by atoms with van der Waals surface area (Å²) in [7, 11) is 0. The minimum atomic E-state index is -0.952. The number of rotatable bonds is 7. The molecule has 1 saturated carbocycles. The summed E-state index contributed by atoms with van der Waals surface area (Å²) in [6.45, 7) is 0.0913. The average Bonchev–Trinajstić information content (AvgIpc) is 2.83. The van der Waals surface area contributed by atoms with Crippen LogP contribution in [0.1, 0.15) is 61.7 Å². The largest absolute Gasteiger partial charge is 0.481 e. The zero-order valence-electron chi connectivity index (χ0n) is 14.4. The zero-order valence-corrected chi connectivity index (χ0v) is 14.4. The lowest BCUT2D eigenvalue weighted by Gasteiger charge is -2.13. The van der Waals surface area contributed by atoms with Gasteiger partial charge in [0.05, 0.1) is 6.42 Å². The van der Waals surface area contributed by atoms with Crippen molar-refractivity contribution in [3.05, 3.63) is 29.8 Å². The zero-order chi connectivity index (χ0) is 18.1. The number of carboxylic acids is 1. The predicted molar refractivity (Wildman–Crippen MR) is 95.5 cm³/mol. The molecule has 1 aliphatic carbocycles. The van der Waals surface area contributed by atoms with Crippen LogP contribution < -0.4 is 10.6 Å². The normalized spacial score (nSPS) is 15.2. The Hall–Kier alpha value is -2.37. The van der Waals surface area contributed by atoms with Crippen LogP contribution >= 0.6 is 0 Å². The molecule has 2 rings (SSSR count). The summed E-state index contributed by atoms with van der Waals surface area (Å²) in [6.07, 6.45) is 7.67. The number of aliphatic carboxylic acids is 1. The number of carboxylic acid groups (broad SMARTS) is 1.